The maximum atomic E-state index is 10.8. The van der Waals surface area contributed by atoms with Gasteiger partial charge in [0, 0.05) is 16.3 Å². The lowest BCUT2D eigenvalue weighted by molar-refractivity contribution is -0.387. The molecule has 0 spiro atoms. The van der Waals surface area contributed by atoms with Gasteiger partial charge < -0.3 is 9.84 Å². The highest BCUT2D eigenvalue weighted by atomic mass is 79.9. The maximum Gasteiger partial charge on any atom is 0.284 e. The first-order chi connectivity index (χ1) is 8.15. The molecule has 0 fully saturated rings. The topological polar surface area (TPSA) is 72.6 Å². The summed E-state index contributed by atoms with van der Waals surface area (Å²) in [5.41, 5.74) is 0.0894. The number of nitro groups is 1. The van der Waals surface area contributed by atoms with Crippen molar-refractivity contribution in [3.8, 4) is 0 Å². The summed E-state index contributed by atoms with van der Waals surface area (Å²) in [5, 5.41) is 19.3. The van der Waals surface area contributed by atoms with Crippen molar-refractivity contribution >= 4 is 33.4 Å². The van der Waals surface area contributed by atoms with Crippen molar-refractivity contribution < 1.29 is 14.8 Å². The van der Waals surface area contributed by atoms with E-state index in [1.807, 2.05) is 0 Å². The number of benzene rings is 1. The molecule has 0 aliphatic rings. The Hall–Kier alpha value is -0.630. The van der Waals surface area contributed by atoms with Crippen molar-refractivity contribution in [3.05, 3.63) is 32.8 Å². The summed E-state index contributed by atoms with van der Waals surface area (Å²) in [6.07, 6.45) is 0. The van der Waals surface area contributed by atoms with Crippen LogP contribution < -0.4 is 0 Å². The van der Waals surface area contributed by atoms with E-state index in [0.29, 0.717) is 28.3 Å². The minimum Gasteiger partial charge on any atom is -0.394 e. The van der Waals surface area contributed by atoms with Crippen LogP contribution in [0.3, 0.4) is 0 Å². The summed E-state index contributed by atoms with van der Waals surface area (Å²) in [6.45, 7) is 0.741. The van der Waals surface area contributed by atoms with Gasteiger partial charge in [-0.15, -0.1) is 11.8 Å². The van der Waals surface area contributed by atoms with Crippen LogP contribution in [0, 0.1) is 10.1 Å². The normalized spacial score (nSPS) is 10.5. The van der Waals surface area contributed by atoms with Gasteiger partial charge in [-0.25, -0.2) is 0 Å². The Morgan fingerprint density at radius 2 is 2.24 bits per heavy atom. The van der Waals surface area contributed by atoms with Gasteiger partial charge in [0.2, 0.25) is 0 Å². The number of aliphatic hydroxyl groups excluding tert-OH is 1. The van der Waals surface area contributed by atoms with Gasteiger partial charge >= 0.3 is 0 Å². The Bertz CT molecular complexity index is 389. The first kappa shape index (κ1) is 14.4. The monoisotopic (exact) mass is 321 g/mol. The average molecular weight is 322 g/mol. The number of nitrogens with zero attached hydrogens (tertiary/aromatic N) is 1. The van der Waals surface area contributed by atoms with Gasteiger partial charge in [0.25, 0.3) is 5.69 Å². The SMILES string of the molecule is O=[N+]([O-])c1cc(Br)ccc1SCCOCCO. The summed E-state index contributed by atoms with van der Waals surface area (Å²) < 4.78 is 5.76. The number of halogens is 1. The molecule has 0 radical (unpaired) electrons. The quantitative estimate of drug-likeness (QED) is 0.361. The zero-order chi connectivity index (χ0) is 12.7. The first-order valence-electron chi connectivity index (χ1n) is 4.90. The molecule has 0 saturated heterocycles. The Kier molecular flexibility index (Phi) is 6.49. The minimum absolute atomic E-state index is 0.0108. The smallest absolute Gasteiger partial charge is 0.284 e. The summed E-state index contributed by atoms with van der Waals surface area (Å²) in [6, 6.07) is 4.96. The van der Waals surface area contributed by atoms with Crippen LogP contribution in [0.4, 0.5) is 5.69 Å². The molecule has 0 saturated carbocycles. The highest BCUT2D eigenvalue weighted by Crippen LogP contribution is 2.31. The zero-order valence-corrected chi connectivity index (χ0v) is 11.4. The number of aliphatic hydroxyl groups is 1. The molecule has 5 nitrogen and oxygen atoms in total. The van der Waals surface area contributed by atoms with E-state index in [1.54, 1.807) is 12.1 Å². The van der Waals surface area contributed by atoms with Gasteiger partial charge in [-0.2, -0.15) is 0 Å². The zero-order valence-electron chi connectivity index (χ0n) is 8.97. The number of thioether (sulfide) groups is 1. The van der Waals surface area contributed by atoms with E-state index < -0.39 is 4.92 Å². The Balaban J connectivity index is 2.55. The fourth-order valence-corrected chi connectivity index (χ4v) is 2.35. The van der Waals surface area contributed by atoms with Crippen molar-refractivity contribution in [3.63, 3.8) is 0 Å². The molecular formula is C10H12BrNO4S. The van der Waals surface area contributed by atoms with E-state index in [4.69, 9.17) is 9.84 Å². The third-order valence-corrected chi connectivity index (χ3v) is 3.36. The standard InChI is InChI=1S/C10H12BrNO4S/c11-8-1-2-10(9(7-8)12(14)15)17-6-5-16-4-3-13/h1-2,7,13H,3-6H2. The van der Waals surface area contributed by atoms with Crippen LogP contribution in [-0.2, 0) is 4.74 Å². The highest BCUT2D eigenvalue weighted by molar-refractivity contribution is 9.10. The first-order valence-corrected chi connectivity index (χ1v) is 6.68. The highest BCUT2D eigenvalue weighted by Gasteiger charge is 2.14. The predicted octanol–water partition coefficient (Wildman–Crippen LogP) is 2.46. The van der Waals surface area contributed by atoms with Crippen LogP contribution in [0.15, 0.2) is 27.6 Å². The molecular weight excluding hydrogens is 310 g/mol. The van der Waals surface area contributed by atoms with Crippen molar-refractivity contribution in [2.24, 2.45) is 0 Å². The van der Waals surface area contributed by atoms with Gasteiger partial charge in [0.15, 0.2) is 0 Å². The number of ether oxygens (including phenoxy) is 1. The number of hydrogen-bond donors (Lipinski definition) is 1. The third-order valence-electron chi connectivity index (χ3n) is 1.84. The van der Waals surface area contributed by atoms with Crippen LogP contribution in [0.25, 0.3) is 0 Å². The molecule has 0 unspecified atom stereocenters. The Labute approximate surface area is 111 Å². The molecule has 94 valence electrons. The van der Waals surface area contributed by atoms with Crippen LogP contribution in [0.1, 0.15) is 0 Å². The molecule has 0 aliphatic carbocycles. The Morgan fingerprint density at radius 1 is 1.47 bits per heavy atom. The van der Waals surface area contributed by atoms with E-state index in [2.05, 4.69) is 15.9 Å². The lowest BCUT2D eigenvalue weighted by atomic mass is 10.3. The molecule has 0 aromatic heterocycles. The molecule has 17 heavy (non-hydrogen) atoms. The Morgan fingerprint density at radius 3 is 2.88 bits per heavy atom. The largest absolute Gasteiger partial charge is 0.394 e. The second kappa shape index (κ2) is 7.65. The van der Waals surface area contributed by atoms with Crippen molar-refractivity contribution in [2.75, 3.05) is 25.6 Å². The summed E-state index contributed by atoms with van der Waals surface area (Å²) in [5.74, 6) is 0.614. The molecule has 7 heteroatoms. The van der Waals surface area contributed by atoms with Gasteiger partial charge in [0.1, 0.15) is 0 Å². The second-order valence-corrected chi connectivity index (χ2v) is 5.11. The molecule has 0 heterocycles. The minimum atomic E-state index is -0.401. The number of nitro benzene ring substituents is 1. The predicted molar refractivity (Wildman–Crippen MR) is 69.4 cm³/mol. The summed E-state index contributed by atoms with van der Waals surface area (Å²) in [4.78, 5) is 11.0. The van der Waals surface area contributed by atoms with Gasteiger partial charge in [0.05, 0.1) is 29.6 Å². The van der Waals surface area contributed by atoms with Crippen LogP contribution in [0.5, 0.6) is 0 Å². The van der Waals surface area contributed by atoms with Crippen LogP contribution in [0.2, 0.25) is 0 Å². The fraction of sp³-hybridized carbons (Fsp3) is 0.400. The number of hydrogen-bond acceptors (Lipinski definition) is 5. The third kappa shape index (κ3) is 5.03. The van der Waals surface area contributed by atoms with E-state index in [9.17, 15) is 10.1 Å². The summed E-state index contributed by atoms with van der Waals surface area (Å²) >= 11 is 4.57. The van der Waals surface area contributed by atoms with Gasteiger partial charge in [-0.1, -0.05) is 15.9 Å². The van der Waals surface area contributed by atoms with E-state index in [0.717, 1.165) is 0 Å². The fourth-order valence-electron chi connectivity index (χ4n) is 1.13. The number of rotatable bonds is 7. The molecule has 1 N–H and O–H groups in total. The van der Waals surface area contributed by atoms with Crippen molar-refractivity contribution in [1.29, 1.82) is 0 Å². The van der Waals surface area contributed by atoms with E-state index in [-0.39, 0.29) is 12.3 Å². The molecule has 1 aromatic rings. The van der Waals surface area contributed by atoms with Gasteiger partial charge in [-0.05, 0) is 12.1 Å². The lowest BCUT2D eigenvalue weighted by Crippen LogP contribution is -2.02. The molecule has 0 amide bonds. The average Bonchev–Trinajstić information content (AvgIpc) is 2.30. The van der Waals surface area contributed by atoms with E-state index in [1.165, 1.54) is 17.8 Å². The van der Waals surface area contributed by atoms with Crippen molar-refractivity contribution in [2.45, 2.75) is 4.90 Å². The molecule has 1 rings (SSSR count). The molecule has 0 aliphatic heterocycles. The molecule has 0 bridgehead atoms. The molecule has 1 aromatic carbocycles. The van der Waals surface area contributed by atoms with Crippen molar-refractivity contribution in [1.82, 2.24) is 0 Å². The second-order valence-electron chi connectivity index (χ2n) is 3.05. The van der Waals surface area contributed by atoms with Crippen LogP contribution >= 0.6 is 27.7 Å². The molecule has 0 atom stereocenters. The van der Waals surface area contributed by atoms with Crippen LogP contribution in [-0.4, -0.2) is 35.6 Å². The van der Waals surface area contributed by atoms with E-state index >= 15 is 0 Å². The van der Waals surface area contributed by atoms with Gasteiger partial charge in [-0.3, -0.25) is 10.1 Å². The summed E-state index contributed by atoms with van der Waals surface area (Å²) in [7, 11) is 0. The lowest BCUT2D eigenvalue weighted by Gasteiger charge is -2.04. The maximum absolute atomic E-state index is 10.8.